The first kappa shape index (κ1) is 19.2. The van der Waals surface area contributed by atoms with Crippen LogP contribution in [0.4, 0.5) is 0 Å². The van der Waals surface area contributed by atoms with Crippen LogP contribution in [-0.4, -0.2) is 31.1 Å². The van der Waals surface area contributed by atoms with Crippen LogP contribution in [0.3, 0.4) is 0 Å². The van der Waals surface area contributed by atoms with E-state index in [4.69, 9.17) is 0 Å². The molecule has 0 radical (unpaired) electrons. The molecule has 142 valence electrons. The molecule has 1 atom stereocenters. The highest BCUT2D eigenvalue weighted by Gasteiger charge is 2.16. The van der Waals surface area contributed by atoms with Gasteiger partial charge in [0.25, 0.3) is 0 Å². The minimum Gasteiger partial charge on any atom is -0.352 e. The van der Waals surface area contributed by atoms with Crippen molar-refractivity contribution in [3.63, 3.8) is 0 Å². The Bertz CT molecular complexity index is 1040. The summed E-state index contributed by atoms with van der Waals surface area (Å²) in [6, 6.07) is 6.24. The lowest BCUT2D eigenvalue weighted by molar-refractivity contribution is -0.122. The lowest BCUT2D eigenvalue weighted by atomic mass is 10.2. The molecule has 27 heavy (non-hydrogen) atoms. The predicted octanol–water partition coefficient (Wildman–Crippen LogP) is 2.57. The van der Waals surface area contributed by atoms with Gasteiger partial charge in [0.1, 0.15) is 11.6 Å². The number of benzene rings is 1. The molecule has 1 amide bonds. The molecule has 2 heterocycles. The second kappa shape index (κ2) is 7.96. The molecule has 2 aromatic heterocycles. The molecule has 3 rings (SSSR count). The number of carbonyl (C=O) groups excluding carboxylic acids is 1. The maximum Gasteiger partial charge on any atom is 0.350 e. The van der Waals surface area contributed by atoms with Crippen molar-refractivity contribution in [2.24, 2.45) is 0 Å². The van der Waals surface area contributed by atoms with E-state index in [2.05, 4.69) is 21.5 Å². The van der Waals surface area contributed by atoms with Gasteiger partial charge in [-0.1, -0.05) is 36.4 Å². The highest BCUT2D eigenvalue weighted by Crippen LogP contribution is 2.30. The van der Waals surface area contributed by atoms with E-state index in [1.54, 1.807) is 12.4 Å². The summed E-state index contributed by atoms with van der Waals surface area (Å²) in [4.78, 5) is 30.1. The van der Waals surface area contributed by atoms with Crippen molar-refractivity contribution in [3.05, 3.63) is 52.2 Å². The molecule has 3 aromatic rings. The van der Waals surface area contributed by atoms with Crippen molar-refractivity contribution in [3.8, 4) is 0 Å². The first-order chi connectivity index (χ1) is 12.9. The quantitative estimate of drug-likeness (QED) is 0.705. The lowest BCUT2D eigenvalue weighted by Crippen LogP contribution is -2.37. The van der Waals surface area contributed by atoms with Crippen LogP contribution in [0, 0.1) is 13.8 Å². The van der Waals surface area contributed by atoms with Gasteiger partial charge in [0.05, 0.1) is 0 Å². The third-order valence-electron chi connectivity index (χ3n) is 4.32. The van der Waals surface area contributed by atoms with E-state index in [0.29, 0.717) is 10.7 Å². The third-order valence-corrected chi connectivity index (χ3v) is 5.48. The Morgan fingerprint density at radius 1 is 1.33 bits per heavy atom. The SMILES string of the molecule is CCC(C)NC(=O)Cn1nc2c(Sc3ccc(C)cc3C)nccn2c1=O. The number of aryl methyl sites for hydroxylation is 2. The molecule has 1 unspecified atom stereocenters. The molecular formula is C19H23N5O2S. The molecule has 0 aliphatic rings. The Balaban J connectivity index is 1.92. The van der Waals surface area contributed by atoms with Gasteiger partial charge < -0.3 is 5.32 Å². The number of rotatable bonds is 6. The fourth-order valence-corrected chi connectivity index (χ4v) is 3.59. The zero-order valence-electron chi connectivity index (χ0n) is 15.9. The van der Waals surface area contributed by atoms with Crippen LogP contribution < -0.4 is 11.0 Å². The molecule has 7 nitrogen and oxygen atoms in total. The molecule has 1 aromatic carbocycles. The first-order valence-electron chi connectivity index (χ1n) is 8.87. The number of nitrogens with zero attached hydrogens (tertiary/aromatic N) is 4. The molecular weight excluding hydrogens is 362 g/mol. The molecule has 8 heteroatoms. The van der Waals surface area contributed by atoms with Crippen molar-refractivity contribution in [2.45, 2.75) is 56.6 Å². The van der Waals surface area contributed by atoms with E-state index in [1.807, 2.05) is 39.8 Å². The molecule has 0 aliphatic carbocycles. The van der Waals surface area contributed by atoms with Gasteiger partial charge >= 0.3 is 5.69 Å². The Morgan fingerprint density at radius 2 is 2.11 bits per heavy atom. The van der Waals surface area contributed by atoms with Gasteiger partial charge in [0.2, 0.25) is 5.91 Å². The summed E-state index contributed by atoms with van der Waals surface area (Å²) in [6.07, 6.45) is 3.97. The van der Waals surface area contributed by atoms with Gasteiger partial charge in [-0.05, 0) is 38.8 Å². The van der Waals surface area contributed by atoms with Crippen LogP contribution in [-0.2, 0) is 11.3 Å². The van der Waals surface area contributed by atoms with Gasteiger partial charge in [-0.25, -0.2) is 18.9 Å². The van der Waals surface area contributed by atoms with E-state index in [9.17, 15) is 9.59 Å². The summed E-state index contributed by atoms with van der Waals surface area (Å²) in [5, 5.41) is 7.83. The fourth-order valence-electron chi connectivity index (χ4n) is 2.68. The normalized spacial score (nSPS) is 12.3. The highest BCUT2D eigenvalue weighted by molar-refractivity contribution is 7.99. The first-order valence-corrected chi connectivity index (χ1v) is 9.69. The van der Waals surface area contributed by atoms with Crippen LogP contribution in [0.15, 0.2) is 45.3 Å². The van der Waals surface area contributed by atoms with E-state index in [1.165, 1.54) is 26.4 Å². The molecule has 0 fully saturated rings. The van der Waals surface area contributed by atoms with Crippen molar-refractivity contribution < 1.29 is 4.79 Å². The van der Waals surface area contributed by atoms with Crippen molar-refractivity contribution in [1.29, 1.82) is 0 Å². The molecule has 0 bridgehead atoms. The van der Waals surface area contributed by atoms with Gasteiger partial charge in [0.15, 0.2) is 5.65 Å². The average molecular weight is 385 g/mol. The van der Waals surface area contributed by atoms with Crippen molar-refractivity contribution >= 4 is 23.3 Å². The summed E-state index contributed by atoms with van der Waals surface area (Å²) in [6.45, 7) is 7.89. The Labute approximate surface area is 161 Å². The smallest absolute Gasteiger partial charge is 0.350 e. The number of aromatic nitrogens is 4. The summed E-state index contributed by atoms with van der Waals surface area (Å²) in [5.41, 5.74) is 2.42. The Hall–Kier alpha value is -2.61. The average Bonchev–Trinajstić information content (AvgIpc) is 2.94. The zero-order chi connectivity index (χ0) is 19.6. The number of nitrogens with one attached hydrogen (secondary N) is 1. The highest BCUT2D eigenvalue weighted by atomic mass is 32.2. The monoisotopic (exact) mass is 385 g/mol. The van der Waals surface area contributed by atoms with Gasteiger partial charge in [-0.2, -0.15) is 0 Å². The summed E-state index contributed by atoms with van der Waals surface area (Å²) < 4.78 is 2.61. The van der Waals surface area contributed by atoms with Crippen molar-refractivity contribution in [1.82, 2.24) is 24.5 Å². The molecule has 1 N–H and O–H groups in total. The number of hydrogen-bond acceptors (Lipinski definition) is 5. The maximum atomic E-state index is 12.6. The van der Waals surface area contributed by atoms with Gasteiger partial charge in [0, 0.05) is 23.3 Å². The van der Waals surface area contributed by atoms with E-state index < -0.39 is 0 Å². The van der Waals surface area contributed by atoms with Crippen molar-refractivity contribution in [2.75, 3.05) is 0 Å². The maximum absolute atomic E-state index is 12.6. The minimum atomic E-state index is -0.353. The third kappa shape index (κ3) is 4.21. The van der Waals surface area contributed by atoms with E-state index in [0.717, 1.165) is 16.9 Å². The second-order valence-electron chi connectivity index (χ2n) is 6.61. The molecule has 0 spiro atoms. The standard InChI is InChI=1S/C19H23N5O2S/c1-5-14(4)21-16(25)11-24-19(26)23-9-8-20-18(17(23)22-24)27-15-7-6-12(2)10-13(15)3/h6-10,14H,5,11H2,1-4H3,(H,21,25). The summed E-state index contributed by atoms with van der Waals surface area (Å²) in [5.74, 6) is -0.230. The predicted molar refractivity (Wildman–Crippen MR) is 105 cm³/mol. The van der Waals surface area contributed by atoms with Crippen LogP contribution in [0.25, 0.3) is 5.65 Å². The summed E-state index contributed by atoms with van der Waals surface area (Å²) >= 11 is 1.46. The number of fused-ring (bicyclic) bond motifs is 1. The summed E-state index contributed by atoms with van der Waals surface area (Å²) in [7, 11) is 0. The van der Waals surface area contributed by atoms with Gasteiger partial charge in [-0.15, -0.1) is 5.10 Å². The topological polar surface area (TPSA) is 81.3 Å². The fraction of sp³-hybridized carbons (Fsp3) is 0.368. The van der Waals surface area contributed by atoms with Crippen LogP contribution in [0.1, 0.15) is 31.4 Å². The minimum absolute atomic E-state index is 0.0579. The number of amides is 1. The van der Waals surface area contributed by atoms with Crippen LogP contribution in [0.5, 0.6) is 0 Å². The molecule has 0 aliphatic heterocycles. The second-order valence-corrected chi connectivity index (χ2v) is 7.64. The lowest BCUT2D eigenvalue weighted by Gasteiger charge is -2.10. The molecule has 0 saturated carbocycles. The zero-order valence-corrected chi connectivity index (χ0v) is 16.7. The van der Waals surface area contributed by atoms with Crippen LogP contribution in [0.2, 0.25) is 0 Å². The van der Waals surface area contributed by atoms with Crippen LogP contribution >= 0.6 is 11.8 Å². The number of carbonyl (C=O) groups is 1. The largest absolute Gasteiger partial charge is 0.352 e. The molecule has 0 saturated heterocycles. The van der Waals surface area contributed by atoms with Gasteiger partial charge in [-0.3, -0.25) is 4.79 Å². The van der Waals surface area contributed by atoms with E-state index >= 15 is 0 Å². The Kier molecular flexibility index (Phi) is 5.65. The van der Waals surface area contributed by atoms with E-state index in [-0.39, 0.29) is 24.2 Å². The number of hydrogen-bond donors (Lipinski definition) is 1. The Morgan fingerprint density at radius 3 is 2.81 bits per heavy atom.